The Kier molecular flexibility index (Phi) is 4.81. The highest BCUT2D eigenvalue weighted by atomic mass is 35.5. The van der Waals surface area contributed by atoms with Crippen molar-refractivity contribution in [1.29, 1.82) is 0 Å². The van der Waals surface area contributed by atoms with Crippen molar-refractivity contribution in [2.45, 2.75) is 6.54 Å². The molecule has 16 heavy (non-hydrogen) atoms. The summed E-state index contributed by atoms with van der Waals surface area (Å²) in [7, 11) is 0. The Labute approximate surface area is 107 Å². The summed E-state index contributed by atoms with van der Waals surface area (Å²) in [6.07, 6.45) is 0. The Balaban J connectivity index is 0.00000128. The van der Waals surface area contributed by atoms with Crippen molar-refractivity contribution in [3.8, 4) is 11.1 Å². The molecule has 0 heterocycles. The molecular formula is C13H13Cl2N. The number of benzene rings is 2. The predicted molar refractivity (Wildman–Crippen MR) is 72.0 cm³/mol. The number of hydrogen-bond donors (Lipinski definition) is 1. The van der Waals surface area contributed by atoms with Gasteiger partial charge < -0.3 is 5.73 Å². The van der Waals surface area contributed by atoms with E-state index >= 15 is 0 Å². The van der Waals surface area contributed by atoms with E-state index in [0.717, 1.165) is 21.7 Å². The summed E-state index contributed by atoms with van der Waals surface area (Å²) in [5.41, 5.74) is 8.85. The average Bonchev–Trinajstić information content (AvgIpc) is 2.30. The van der Waals surface area contributed by atoms with Crippen LogP contribution < -0.4 is 5.73 Å². The normalized spacial score (nSPS) is 9.62. The van der Waals surface area contributed by atoms with E-state index in [9.17, 15) is 0 Å². The van der Waals surface area contributed by atoms with E-state index in [1.807, 2.05) is 48.5 Å². The molecule has 0 aliphatic carbocycles. The van der Waals surface area contributed by atoms with Crippen molar-refractivity contribution in [2.75, 3.05) is 0 Å². The van der Waals surface area contributed by atoms with E-state index in [0.29, 0.717) is 6.54 Å². The maximum absolute atomic E-state index is 6.11. The second kappa shape index (κ2) is 5.90. The topological polar surface area (TPSA) is 26.0 Å². The molecule has 1 nitrogen and oxygen atoms in total. The monoisotopic (exact) mass is 253 g/mol. The van der Waals surface area contributed by atoms with Gasteiger partial charge in [0.2, 0.25) is 0 Å². The van der Waals surface area contributed by atoms with E-state index in [1.165, 1.54) is 0 Å². The minimum Gasteiger partial charge on any atom is -0.326 e. The fraction of sp³-hybridized carbons (Fsp3) is 0.0769. The first-order valence-electron chi connectivity index (χ1n) is 4.85. The van der Waals surface area contributed by atoms with Crippen molar-refractivity contribution in [3.05, 3.63) is 59.1 Å². The molecule has 0 amide bonds. The van der Waals surface area contributed by atoms with Crippen LogP contribution in [0, 0.1) is 0 Å². The Morgan fingerprint density at radius 3 is 2.12 bits per heavy atom. The molecule has 2 rings (SSSR count). The average molecular weight is 254 g/mol. The van der Waals surface area contributed by atoms with Crippen LogP contribution in [0.15, 0.2) is 48.5 Å². The third-order valence-electron chi connectivity index (χ3n) is 2.37. The van der Waals surface area contributed by atoms with Crippen LogP contribution in [-0.4, -0.2) is 0 Å². The summed E-state index contributed by atoms with van der Waals surface area (Å²) in [5, 5.41) is 0.776. The van der Waals surface area contributed by atoms with E-state index in [1.54, 1.807) is 0 Å². The summed E-state index contributed by atoms with van der Waals surface area (Å²) < 4.78 is 0. The number of nitrogens with two attached hydrogens (primary N) is 1. The number of rotatable bonds is 2. The van der Waals surface area contributed by atoms with Gasteiger partial charge in [0.25, 0.3) is 0 Å². The van der Waals surface area contributed by atoms with Gasteiger partial charge in [0, 0.05) is 17.1 Å². The first kappa shape index (κ1) is 13.0. The molecule has 0 radical (unpaired) electrons. The molecule has 3 heteroatoms. The molecule has 0 fully saturated rings. The van der Waals surface area contributed by atoms with Gasteiger partial charge in [0.05, 0.1) is 0 Å². The van der Waals surface area contributed by atoms with E-state index in [2.05, 4.69) is 0 Å². The van der Waals surface area contributed by atoms with E-state index in [-0.39, 0.29) is 12.4 Å². The van der Waals surface area contributed by atoms with Crippen LogP contribution in [0.5, 0.6) is 0 Å². The lowest BCUT2D eigenvalue weighted by molar-refractivity contribution is 1.07. The molecule has 0 aliphatic heterocycles. The molecule has 0 aliphatic rings. The standard InChI is InChI=1S/C13H12ClN.ClH/c14-13-4-2-1-3-12(13)11-7-5-10(9-15)6-8-11;/h1-8H,9,15H2;1H. The van der Waals surface area contributed by atoms with Crippen molar-refractivity contribution in [3.63, 3.8) is 0 Å². The lowest BCUT2D eigenvalue weighted by Crippen LogP contribution is -1.95. The maximum atomic E-state index is 6.11. The van der Waals surface area contributed by atoms with Gasteiger partial charge in [0.15, 0.2) is 0 Å². The largest absolute Gasteiger partial charge is 0.326 e. The molecule has 0 bridgehead atoms. The third-order valence-corrected chi connectivity index (χ3v) is 2.70. The van der Waals surface area contributed by atoms with E-state index < -0.39 is 0 Å². The zero-order valence-corrected chi connectivity index (χ0v) is 10.3. The Morgan fingerprint density at radius 1 is 0.938 bits per heavy atom. The fourth-order valence-electron chi connectivity index (χ4n) is 1.52. The predicted octanol–water partition coefficient (Wildman–Crippen LogP) is 3.89. The molecule has 84 valence electrons. The Hall–Kier alpha value is -1.02. The highest BCUT2D eigenvalue weighted by Gasteiger charge is 2.01. The zero-order chi connectivity index (χ0) is 10.7. The maximum Gasteiger partial charge on any atom is 0.0484 e. The van der Waals surface area contributed by atoms with E-state index in [4.69, 9.17) is 17.3 Å². The fourth-order valence-corrected chi connectivity index (χ4v) is 1.76. The highest BCUT2D eigenvalue weighted by molar-refractivity contribution is 6.33. The quantitative estimate of drug-likeness (QED) is 0.864. The van der Waals surface area contributed by atoms with Crippen LogP contribution in [-0.2, 0) is 6.54 Å². The molecule has 0 aromatic heterocycles. The molecule has 0 saturated carbocycles. The molecule has 0 atom stereocenters. The van der Waals surface area contributed by atoms with Crippen LogP contribution in [0.4, 0.5) is 0 Å². The van der Waals surface area contributed by atoms with Gasteiger partial charge in [-0.25, -0.2) is 0 Å². The van der Waals surface area contributed by atoms with Gasteiger partial charge in [-0.1, -0.05) is 54.1 Å². The van der Waals surface area contributed by atoms with Crippen LogP contribution in [0.1, 0.15) is 5.56 Å². The Morgan fingerprint density at radius 2 is 1.56 bits per heavy atom. The minimum absolute atomic E-state index is 0. The molecule has 2 N–H and O–H groups in total. The third kappa shape index (κ3) is 2.76. The van der Waals surface area contributed by atoms with Crippen molar-refractivity contribution >= 4 is 24.0 Å². The zero-order valence-electron chi connectivity index (χ0n) is 8.69. The molecule has 0 spiro atoms. The first-order valence-corrected chi connectivity index (χ1v) is 5.23. The van der Waals surface area contributed by atoms with Gasteiger partial charge >= 0.3 is 0 Å². The number of halogens is 2. The summed E-state index contributed by atoms with van der Waals surface area (Å²) in [6.45, 7) is 0.572. The summed E-state index contributed by atoms with van der Waals surface area (Å²) in [6, 6.07) is 16.0. The van der Waals surface area contributed by atoms with Crippen molar-refractivity contribution in [1.82, 2.24) is 0 Å². The van der Waals surface area contributed by atoms with Gasteiger partial charge in [-0.05, 0) is 17.2 Å². The Bertz CT molecular complexity index is 452. The molecule has 2 aromatic rings. The lowest BCUT2D eigenvalue weighted by Gasteiger charge is -2.04. The molecule has 0 saturated heterocycles. The number of hydrogen-bond acceptors (Lipinski definition) is 1. The molecule has 0 unspecified atom stereocenters. The van der Waals surface area contributed by atoms with Gasteiger partial charge in [0.1, 0.15) is 0 Å². The van der Waals surface area contributed by atoms with Gasteiger partial charge in [-0.3, -0.25) is 0 Å². The summed E-state index contributed by atoms with van der Waals surface area (Å²) in [5.74, 6) is 0. The van der Waals surface area contributed by atoms with Crippen molar-refractivity contribution < 1.29 is 0 Å². The first-order chi connectivity index (χ1) is 7.31. The van der Waals surface area contributed by atoms with Gasteiger partial charge in [-0.15, -0.1) is 12.4 Å². The summed E-state index contributed by atoms with van der Waals surface area (Å²) >= 11 is 6.11. The SMILES string of the molecule is Cl.NCc1ccc(-c2ccccc2Cl)cc1. The lowest BCUT2D eigenvalue weighted by atomic mass is 10.0. The second-order valence-electron chi connectivity index (χ2n) is 3.38. The minimum atomic E-state index is 0. The highest BCUT2D eigenvalue weighted by Crippen LogP contribution is 2.27. The van der Waals surface area contributed by atoms with Crippen LogP contribution in [0.2, 0.25) is 5.02 Å². The van der Waals surface area contributed by atoms with Crippen LogP contribution >= 0.6 is 24.0 Å². The molecular weight excluding hydrogens is 241 g/mol. The van der Waals surface area contributed by atoms with Crippen LogP contribution in [0.3, 0.4) is 0 Å². The van der Waals surface area contributed by atoms with Crippen molar-refractivity contribution in [2.24, 2.45) is 5.73 Å². The summed E-state index contributed by atoms with van der Waals surface area (Å²) in [4.78, 5) is 0. The van der Waals surface area contributed by atoms with Crippen LogP contribution in [0.25, 0.3) is 11.1 Å². The van der Waals surface area contributed by atoms with Gasteiger partial charge in [-0.2, -0.15) is 0 Å². The smallest absolute Gasteiger partial charge is 0.0484 e. The molecule has 2 aromatic carbocycles. The second-order valence-corrected chi connectivity index (χ2v) is 3.79.